The summed E-state index contributed by atoms with van der Waals surface area (Å²) in [6.07, 6.45) is -2.66. The fourth-order valence-electron chi connectivity index (χ4n) is 3.76. The van der Waals surface area contributed by atoms with Crippen molar-refractivity contribution in [2.24, 2.45) is 0 Å². The van der Waals surface area contributed by atoms with Gasteiger partial charge < -0.3 is 24.1 Å². The molecule has 1 unspecified atom stereocenters. The van der Waals surface area contributed by atoms with Crippen molar-refractivity contribution in [1.82, 2.24) is 4.90 Å². The van der Waals surface area contributed by atoms with Crippen LogP contribution in [0.5, 0.6) is 11.5 Å². The number of benzene rings is 1. The summed E-state index contributed by atoms with van der Waals surface area (Å²) in [5, 5.41) is 7.12. The van der Waals surface area contributed by atoms with E-state index in [-0.39, 0.29) is 5.60 Å². The van der Waals surface area contributed by atoms with Crippen molar-refractivity contribution >= 4 is 5.97 Å². The normalized spacial score (nSPS) is 22.6. The van der Waals surface area contributed by atoms with Crippen LogP contribution in [0.1, 0.15) is 25.3 Å². The Bertz CT molecular complexity index is 718. The Morgan fingerprint density at radius 2 is 2.00 bits per heavy atom. The van der Waals surface area contributed by atoms with Gasteiger partial charge in [-0.2, -0.15) is 13.2 Å². The number of ether oxygens (including phenoxy) is 4. The van der Waals surface area contributed by atoms with Crippen LogP contribution >= 0.6 is 0 Å². The molecule has 0 aromatic heterocycles. The Morgan fingerprint density at radius 1 is 1.31 bits per heavy atom. The number of hydrogen-bond donors (Lipinski definition) is 1. The summed E-state index contributed by atoms with van der Waals surface area (Å²) in [5.41, 5.74) is 1.28. The molecule has 0 aliphatic carbocycles. The smallest absolute Gasteiger partial charge is 0.475 e. The molecule has 1 atom stereocenters. The number of nitrogens with zero attached hydrogens (tertiary/aromatic N) is 1. The minimum Gasteiger partial charge on any atom is -0.475 e. The van der Waals surface area contributed by atoms with Gasteiger partial charge in [0.25, 0.3) is 0 Å². The molecule has 3 heterocycles. The van der Waals surface area contributed by atoms with Crippen LogP contribution in [-0.2, 0) is 20.8 Å². The maximum absolute atomic E-state index is 10.6. The SMILES string of the molecule is CCOC1CCOC2(C1)CN(Cc1ccc3c(c1)OCO3)C2.O=C(O)C(F)(F)F. The van der Waals surface area contributed by atoms with Crippen LogP contribution in [0.2, 0.25) is 0 Å². The molecule has 0 bridgehead atoms. The highest BCUT2D eigenvalue weighted by Gasteiger charge is 2.47. The molecule has 29 heavy (non-hydrogen) atoms. The molecule has 2 saturated heterocycles. The second kappa shape index (κ2) is 8.76. The van der Waals surface area contributed by atoms with Crippen LogP contribution in [0.4, 0.5) is 13.2 Å². The van der Waals surface area contributed by atoms with Crippen LogP contribution in [0.25, 0.3) is 0 Å². The molecule has 0 radical (unpaired) electrons. The summed E-state index contributed by atoms with van der Waals surface area (Å²) < 4.78 is 54.4. The molecule has 0 amide bonds. The van der Waals surface area contributed by atoms with Crippen LogP contribution in [0, 0.1) is 0 Å². The van der Waals surface area contributed by atoms with E-state index in [4.69, 9.17) is 28.8 Å². The zero-order valence-corrected chi connectivity index (χ0v) is 16.0. The fourth-order valence-corrected chi connectivity index (χ4v) is 3.76. The third-order valence-corrected chi connectivity index (χ3v) is 4.96. The maximum Gasteiger partial charge on any atom is 0.490 e. The summed E-state index contributed by atoms with van der Waals surface area (Å²) in [5.74, 6) is -1.05. The van der Waals surface area contributed by atoms with Gasteiger partial charge in [-0.05, 0) is 31.0 Å². The van der Waals surface area contributed by atoms with Gasteiger partial charge in [0.05, 0.1) is 11.7 Å². The second-order valence-corrected chi connectivity index (χ2v) is 7.24. The van der Waals surface area contributed by atoms with E-state index in [1.165, 1.54) is 5.56 Å². The van der Waals surface area contributed by atoms with E-state index < -0.39 is 12.1 Å². The summed E-state index contributed by atoms with van der Waals surface area (Å²) >= 11 is 0. The molecule has 4 rings (SSSR count). The molecule has 1 aromatic carbocycles. The van der Waals surface area contributed by atoms with Crippen molar-refractivity contribution in [3.63, 3.8) is 0 Å². The van der Waals surface area contributed by atoms with Gasteiger partial charge in [0.1, 0.15) is 0 Å². The Labute approximate surface area is 166 Å². The third kappa shape index (κ3) is 5.52. The molecule has 10 heteroatoms. The van der Waals surface area contributed by atoms with E-state index in [1.54, 1.807) is 0 Å². The number of carboxylic acids is 1. The van der Waals surface area contributed by atoms with Crippen LogP contribution in [-0.4, -0.2) is 67.0 Å². The first-order valence-corrected chi connectivity index (χ1v) is 9.37. The van der Waals surface area contributed by atoms with E-state index in [1.807, 2.05) is 6.07 Å². The van der Waals surface area contributed by atoms with Crippen LogP contribution in [0.3, 0.4) is 0 Å². The molecule has 1 N–H and O–H groups in total. The van der Waals surface area contributed by atoms with Gasteiger partial charge >= 0.3 is 12.1 Å². The van der Waals surface area contributed by atoms with Crippen LogP contribution < -0.4 is 9.47 Å². The van der Waals surface area contributed by atoms with Crippen molar-refractivity contribution in [2.75, 3.05) is 33.1 Å². The second-order valence-electron chi connectivity index (χ2n) is 7.24. The number of halogens is 3. The average Bonchev–Trinajstić information content (AvgIpc) is 3.08. The number of aliphatic carboxylic acids is 1. The maximum atomic E-state index is 10.6. The van der Waals surface area contributed by atoms with Gasteiger partial charge in [0.2, 0.25) is 6.79 Å². The lowest BCUT2D eigenvalue weighted by atomic mass is 9.84. The quantitative estimate of drug-likeness (QED) is 0.804. The van der Waals surface area contributed by atoms with Crippen molar-refractivity contribution in [3.05, 3.63) is 23.8 Å². The molecule has 3 aliphatic rings. The number of fused-ring (bicyclic) bond motifs is 1. The third-order valence-electron chi connectivity index (χ3n) is 4.96. The first kappa shape index (κ1) is 21.7. The number of carboxylic acid groups (broad SMARTS) is 1. The lowest BCUT2D eigenvalue weighted by Gasteiger charge is -2.53. The van der Waals surface area contributed by atoms with E-state index in [9.17, 15) is 13.2 Å². The molecule has 1 spiro atoms. The monoisotopic (exact) mass is 419 g/mol. The average molecular weight is 419 g/mol. The fraction of sp³-hybridized carbons (Fsp3) is 0.632. The Balaban J connectivity index is 0.000000298. The van der Waals surface area contributed by atoms with Gasteiger partial charge in [-0.25, -0.2) is 4.79 Å². The summed E-state index contributed by atoms with van der Waals surface area (Å²) in [4.78, 5) is 11.3. The summed E-state index contributed by atoms with van der Waals surface area (Å²) in [7, 11) is 0. The van der Waals surface area contributed by atoms with Crippen molar-refractivity contribution < 1.29 is 42.0 Å². The standard InChI is InChI=1S/C17H23NO4.C2HF3O2/c1-2-19-14-5-6-22-17(8-14)10-18(11-17)9-13-3-4-15-16(7-13)21-12-20-15;3-2(4,5)1(6)7/h3-4,7,14H,2,5-6,8-12H2,1H3;(H,6,7). The lowest BCUT2D eigenvalue weighted by Crippen LogP contribution is -2.65. The minimum atomic E-state index is -5.08. The van der Waals surface area contributed by atoms with Gasteiger partial charge in [-0.15, -0.1) is 0 Å². The van der Waals surface area contributed by atoms with Crippen molar-refractivity contribution in [1.29, 1.82) is 0 Å². The van der Waals surface area contributed by atoms with Crippen molar-refractivity contribution in [3.8, 4) is 11.5 Å². The van der Waals surface area contributed by atoms with E-state index in [0.29, 0.717) is 12.9 Å². The molecule has 2 fully saturated rings. The highest BCUT2D eigenvalue weighted by atomic mass is 19.4. The molecule has 0 saturated carbocycles. The van der Waals surface area contributed by atoms with E-state index in [2.05, 4.69) is 24.0 Å². The predicted octanol–water partition coefficient (Wildman–Crippen LogP) is 2.82. The minimum absolute atomic E-state index is 0.0222. The highest BCUT2D eigenvalue weighted by Crippen LogP contribution is 2.37. The zero-order chi connectivity index (χ0) is 21.1. The number of hydrogen-bond acceptors (Lipinski definition) is 6. The molecular weight excluding hydrogens is 395 g/mol. The molecule has 7 nitrogen and oxygen atoms in total. The highest BCUT2D eigenvalue weighted by molar-refractivity contribution is 5.73. The number of likely N-dealkylation sites (tertiary alicyclic amines) is 1. The first-order chi connectivity index (χ1) is 13.7. The number of alkyl halides is 3. The predicted molar refractivity (Wildman–Crippen MR) is 94.9 cm³/mol. The van der Waals surface area contributed by atoms with Gasteiger partial charge in [-0.3, -0.25) is 4.90 Å². The first-order valence-electron chi connectivity index (χ1n) is 9.37. The number of rotatable bonds is 4. The van der Waals surface area contributed by atoms with E-state index in [0.717, 1.165) is 57.2 Å². The van der Waals surface area contributed by atoms with E-state index >= 15 is 0 Å². The Kier molecular flexibility index (Phi) is 6.55. The Hall–Kier alpha value is -2.04. The topological polar surface area (TPSA) is 77.5 Å². The summed E-state index contributed by atoms with van der Waals surface area (Å²) in [6.45, 7) is 6.92. The largest absolute Gasteiger partial charge is 0.490 e. The Morgan fingerprint density at radius 3 is 2.66 bits per heavy atom. The molecule has 3 aliphatic heterocycles. The van der Waals surface area contributed by atoms with Gasteiger partial charge in [-0.1, -0.05) is 6.07 Å². The summed E-state index contributed by atoms with van der Waals surface area (Å²) in [6, 6.07) is 6.19. The van der Waals surface area contributed by atoms with Crippen LogP contribution in [0.15, 0.2) is 18.2 Å². The molecule has 1 aromatic rings. The molecule has 162 valence electrons. The molecular formula is C19H24F3NO6. The number of carbonyl (C=O) groups is 1. The lowest BCUT2D eigenvalue weighted by molar-refractivity contribution is -0.198. The van der Waals surface area contributed by atoms with Gasteiger partial charge in [0, 0.05) is 39.3 Å². The van der Waals surface area contributed by atoms with Gasteiger partial charge in [0.15, 0.2) is 11.5 Å². The van der Waals surface area contributed by atoms with Crippen molar-refractivity contribution in [2.45, 2.75) is 44.2 Å². The zero-order valence-electron chi connectivity index (χ0n) is 16.0.